The molecule has 1 saturated heterocycles. The topological polar surface area (TPSA) is 15.3 Å². The molecule has 6 rings (SSSR count). The maximum atomic E-state index is 4.13. The predicted molar refractivity (Wildman–Crippen MR) is 161 cm³/mol. The molecule has 0 spiro atoms. The van der Waals surface area contributed by atoms with Gasteiger partial charge in [-0.05, 0) is 65.2 Å². The number of hydrogen-bond acceptors (Lipinski definition) is 2. The molecule has 2 nitrogen and oxygen atoms in total. The van der Waals surface area contributed by atoms with Crippen LogP contribution in [-0.2, 0) is 5.41 Å². The summed E-state index contributed by atoms with van der Waals surface area (Å²) in [6.07, 6.45) is 26.4. The van der Waals surface area contributed by atoms with Gasteiger partial charge in [-0.1, -0.05) is 125 Å². The van der Waals surface area contributed by atoms with Crippen molar-refractivity contribution in [1.82, 2.24) is 9.88 Å². The van der Waals surface area contributed by atoms with Gasteiger partial charge in [-0.2, -0.15) is 0 Å². The van der Waals surface area contributed by atoms with E-state index in [0.29, 0.717) is 41.3 Å². The first-order valence-electron chi connectivity index (χ1n) is 14.3. The summed E-state index contributed by atoms with van der Waals surface area (Å²) in [5, 5.41) is 4.13. The standard InChI is InChI=1S/C34H44N2Si/c1-33(2,3)24-21-19-23(20-22-24)25-17-12-18-30-31(25)35-34(4,5)36(30)37(6,7)32-28-15-10-8-13-26(28)27-14-9-11-16-29(27)32/h8-22,26-32,35H,1-7H3/t26?,27?,28?,29?,30-,31?,32?/m1/s1. The van der Waals surface area contributed by atoms with E-state index in [4.69, 9.17) is 0 Å². The molecule has 0 radical (unpaired) electrons. The van der Waals surface area contributed by atoms with E-state index in [2.05, 4.69) is 149 Å². The van der Waals surface area contributed by atoms with E-state index in [1.54, 1.807) is 0 Å². The molecule has 37 heavy (non-hydrogen) atoms. The maximum absolute atomic E-state index is 4.13. The van der Waals surface area contributed by atoms with Gasteiger partial charge < -0.3 is 0 Å². The molecule has 4 aliphatic carbocycles. The predicted octanol–water partition coefficient (Wildman–Crippen LogP) is 7.62. The summed E-state index contributed by atoms with van der Waals surface area (Å²) in [4.78, 5) is 0. The lowest BCUT2D eigenvalue weighted by atomic mass is 9.83. The lowest BCUT2D eigenvalue weighted by molar-refractivity contribution is 0.227. The van der Waals surface area contributed by atoms with Crippen LogP contribution >= 0.6 is 0 Å². The van der Waals surface area contributed by atoms with Crippen LogP contribution < -0.4 is 5.32 Å². The Bertz CT molecular complexity index is 1200. The molecule has 0 bridgehead atoms. The van der Waals surface area contributed by atoms with Crippen molar-refractivity contribution >= 4 is 13.8 Å². The first kappa shape index (κ1) is 25.1. The molecule has 194 valence electrons. The van der Waals surface area contributed by atoms with E-state index in [-0.39, 0.29) is 11.1 Å². The highest BCUT2D eigenvalue weighted by atomic mass is 28.3. The average Bonchev–Trinajstić information content (AvgIpc) is 3.34. The summed E-state index contributed by atoms with van der Waals surface area (Å²) in [6.45, 7) is 17.0. The van der Waals surface area contributed by atoms with Gasteiger partial charge in [-0.25, -0.2) is 0 Å². The Morgan fingerprint density at radius 2 is 1.30 bits per heavy atom. The van der Waals surface area contributed by atoms with Crippen LogP contribution in [0.4, 0.5) is 0 Å². The first-order chi connectivity index (χ1) is 17.5. The van der Waals surface area contributed by atoms with Gasteiger partial charge in [0.05, 0.1) is 11.7 Å². The Morgan fingerprint density at radius 1 is 0.757 bits per heavy atom. The highest BCUT2D eigenvalue weighted by Gasteiger charge is 2.61. The first-order valence-corrected chi connectivity index (χ1v) is 17.3. The van der Waals surface area contributed by atoms with E-state index in [9.17, 15) is 0 Å². The maximum Gasteiger partial charge on any atom is 0.129 e. The van der Waals surface area contributed by atoms with Gasteiger partial charge in [0.1, 0.15) is 8.24 Å². The Hall–Kier alpha value is -2.20. The molecule has 0 aromatic heterocycles. The lowest BCUT2D eigenvalue weighted by Crippen LogP contribution is -2.64. The molecule has 1 aromatic carbocycles. The summed E-state index contributed by atoms with van der Waals surface area (Å²) in [7, 11) is -1.94. The highest BCUT2D eigenvalue weighted by molar-refractivity contribution is 6.76. The van der Waals surface area contributed by atoms with Crippen molar-refractivity contribution in [2.45, 2.75) is 76.4 Å². The van der Waals surface area contributed by atoms with Gasteiger partial charge in [0, 0.05) is 6.04 Å². The Balaban J connectivity index is 1.35. The fourth-order valence-electron chi connectivity index (χ4n) is 8.57. The number of rotatable bonds is 3. The third-order valence-electron chi connectivity index (χ3n) is 9.91. The van der Waals surface area contributed by atoms with Crippen LogP contribution in [0.15, 0.2) is 91.1 Å². The van der Waals surface area contributed by atoms with Crippen LogP contribution in [0.25, 0.3) is 5.57 Å². The van der Waals surface area contributed by atoms with Crippen molar-refractivity contribution in [2.75, 3.05) is 0 Å². The van der Waals surface area contributed by atoms with Gasteiger partial charge in [-0.3, -0.25) is 9.88 Å². The van der Waals surface area contributed by atoms with Crippen LogP contribution in [-0.4, -0.2) is 30.5 Å². The van der Waals surface area contributed by atoms with Crippen molar-refractivity contribution in [3.05, 3.63) is 102 Å². The molecule has 2 fully saturated rings. The molecular formula is C34H44N2Si. The van der Waals surface area contributed by atoms with E-state index >= 15 is 0 Å². The average molecular weight is 509 g/mol. The molecule has 1 saturated carbocycles. The van der Waals surface area contributed by atoms with Crippen LogP contribution in [0.5, 0.6) is 0 Å². The van der Waals surface area contributed by atoms with E-state index in [1.165, 1.54) is 16.7 Å². The summed E-state index contributed by atoms with van der Waals surface area (Å²) in [5.41, 5.74) is 4.95. The van der Waals surface area contributed by atoms with Crippen molar-refractivity contribution in [2.24, 2.45) is 23.7 Å². The minimum atomic E-state index is -1.94. The number of allylic oxidation sites excluding steroid dienone is 10. The van der Waals surface area contributed by atoms with Crippen LogP contribution in [0.1, 0.15) is 45.7 Å². The van der Waals surface area contributed by atoms with Crippen molar-refractivity contribution in [1.29, 1.82) is 0 Å². The summed E-state index contributed by atoms with van der Waals surface area (Å²) in [6, 6.07) is 10.0. The van der Waals surface area contributed by atoms with Crippen molar-refractivity contribution in [3.63, 3.8) is 0 Å². The van der Waals surface area contributed by atoms with Crippen LogP contribution in [0.3, 0.4) is 0 Å². The van der Waals surface area contributed by atoms with E-state index in [1.807, 2.05) is 0 Å². The molecular weight excluding hydrogens is 464 g/mol. The molecule has 1 heterocycles. The van der Waals surface area contributed by atoms with Crippen molar-refractivity contribution < 1.29 is 0 Å². The molecule has 3 heteroatoms. The lowest BCUT2D eigenvalue weighted by Gasteiger charge is -2.51. The zero-order chi connectivity index (χ0) is 26.2. The molecule has 1 aromatic rings. The zero-order valence-electron chi connectivity index (χ0n) is 23.6. The number of nitrogens with zero attached hydrogens (tertiary/aromatic N) is 1. The summed E-state index contributed by atoms with van der Waals surface area (Å²) >= 11 is 0. The van der Waals surface area contributed by atoms with Crippen LogP contribution in [0, 0.1) is 23.7 Å². The van der Waals surface area contributed by atoms with Gasteiger partial charge >= 0.3 is 0 Å². The molecule has 0 amide bonds. The monoisotopic (exact) mass is 508 g/mol. The second-order valence-corrected chi connectivity index (χ2v) is 18.4. The van der Waals surface area contributed by atoms with Crippen LogP contribution in [0.2, 0.25) is 18.6 Å². The second kappa shape index (κ2) is 8.66. The molecule has 1 aliphatic heterocycles. The van der Waals surface area contributed by atoms with Crippen molar-refractivity contribution in [3.8, 4) is 0 Å². The number of benzene rings is 1. The minimum Gasteiger partial charge on any atom is -0.299 e. The SMILES string of the molecule is CC(C)(C)c1ccc(C2=CC=C[C@@H]3C2NC(C)(C)N3[Si](C)(C)C2C3C=CC=CC3C3C=CC=CC32)cc1. The third kappa shape index (κ3) is 3.97. The van der Waals surface area contributed by atoms with E-state index < -0.39 is 8.24 Å². The summed E-state index contributed by atoms with van der Waals surface area (Å²) < 4.78 is 2.96. The van der Waals surface area contributed by atoms with E-state index in [0.717, 1.165) is 0 Å². The number of fused-ring (bicyclic) bond motifs is 4. The normalized spacial score (nSPS) is 35.9. The summed E-state index contributed by atoms with van der Waals surface area (Å²) in [5.74, 6) is 2.50. The molecule has 5 unspecified atom stereocenters. The van der Waals surface area contributed by atoms with Gasteiger partial charge in [0.15, 0.2) is 0 Å². The zero-order valence-corrected chi connectivity index (χ0v) is 24.6. The third-order valence-corrected chi connectivity index (χ3v) is 14.4. The second-order valence-electron chi connectivity index (χ2n) is 13.9. The highest BCUT2D eigenvalue weighted by Crippen LogP contribution is 2.60. The molecule has 6 atom stereocenters. The number of nitrogens with one attached hydrogen (secondary N) is 1. The van der Waals surface area contributed by atoms with Gasteiger partial charge in [0.25, 0.3) is 0 Å². The number of hydrogen-bond donors (Lipinski definition) is 1. The fraction of sp³-hybridized carbons (Fsp3) is 0.471. The minimum absolute atomic E-state index is 0.0692. The Labute approximate surface area is 225 Å². The Kier molecular flexibility index (Phi) is 5.87. The largest absolute Gasteiger partial charge is 0.299 e. The molecule has 5 aliphatic rings. The molecule has 1 N–H and O–H groups in total. The van der Waals surface area contributed by atoms with Gasteiger partial charge in [-0.15, -0.1) is 0 Å². The fourth-order valence-corrected chi connectivity index (χ4v) is 13.9. The smallest absolute Gasteiger partial charge is 0.129 e. The van der Waals surface area contributed by atoms with Gasteiger partial charge in [0.2, 0.25) is 0 Å². The Morgan fingerprint density at radius 3 is 1.84 bits per heavy atom. The quantitative estimate of drug-likeness (QED) is 0.422.